The van der Waals surface area contributed by atoms with E-state index in [9.17, 15) is 0 Å². The minimum Gasteiger partial charge on any atom is -0.0461 e. The van der Waals surface area contributed by atoms with Crippen molar-refractivity contribution in [3.63, 3.8) is 0 Å². The van der Waals surface area contributed by atoms with Gasteiger partial charge in [-0.05, 0) is 59.2 Å². The van der Waals surface area contributed by atoms with Crippen LogP contribution in [0, 0.1) is 46.3 Å². The first-order valence-electron chi connectivity index (χ1n) is 4.93. The van der Waals surface area contributed by atoms with E-state index in [1.165, 1.54) is 35.5 Å². The molecule has 0 aliphatic heterocycles. The summed E-state index contributed by atoms with van der Waals surface area (Å²) in [5, 5.41) is 0. The van der Waals surface area contributed by atoms with E-state index in [0.717, 1.165) is 10.8 Å². The smallest absolute Gasteiger partial charge is 0.0159 e. The van der Waals surface area contributed by atoms with Crippen molar-refractivity contribution in [2.24, 2.45) is 46.3 Å². The zero-order valence-electron chi connectivity index (χ0n) is 5.88. The first kappa shape index (κ1) is 3.60. The summed E-state index contributed by atoms with van der Waals surface area (Å²) in [6.45, 7) is 0. The lowest BCUT2D eigenvalue weighted by Crippen LogP contribution is -2.06. The molecule has 6 unspecified atom stereocenters. The van der Waals surface area contributed by atoms with Crippen molar-refractivity contribution in [2.75, 3.05) is 0 Å². The molecule has 0 heteroatoms. The molecular weight excluding hydrogens is 120 g/mol. The lowest BCUT2D eigenvalue weighted by Gasteiger charge is -2.09. The Labute approximate surface area is 60.0 Å². The molecular formula is C10H10. The Hall–Kier alpha value is 0. The van der Waals surface area contributed by atoms with Crippen LogP contribution in [0.5, 0.6) is 0 Å². The molecule has 0 aromatic rings. The molecule has 6 atom stereocenters. The molecule has 6 aliphatic rings. The van der Waals surface area contributed by atoms with E-state index >= 15 is 0 Å². The molecule has 0 bridgehead atoms. The normalized spacial score (nSPS) is 108. The van der Waals surface area contributed by atoms with Gasteiger partial charge in [-0.2, -0.15) is 0 Å². The molecule has 0 amide bonds. The molecule has 0 nitrogen and oxygen atoms in total. The maximum atomic E-state index is 1.71. The predicted molar refractivity (Wildman–Crippen MR) is 35.0 cm³/mol. The fourth-order valence-corrected chi connectivity index (χ4v) is 5.92. The Morgan fingerprint density at radius 3 is 2.70 bits per heavy atom. The van der Waals surface area contributed by atoms with Gasteiger partial charge in [0.1, 0.15) is 0 Å². The Morgan fingerprint density at radius 1 is 1.10 bits per heavy atom. The van der Waals surface area contributed by atoms with Crippen LogP contribution in [0.25, 0.3) is 0 Å². The number of hydrogen-bond donors (Lipinski definition) is 0. The first-order valence-corrected chi connectivity index (χ1v) is 4.93. The van der Waals surface area contributed by atoms with Crippen LogP contribution in [0.2, 0.25) is 0 Å². The molecule has 10 heavy (non-hydrogen) atoms. The molecule has 6 saturated carbocycles. The topological polar surface area (TPSA) is 0 Å². The van der Waals surface area contributed by atoms with Crippen LogP contribution in [0.15, 0.2) is 0 Å². The van der Waals surface area contributed by atoms with Gasteiger partial charge in [-0.1, -0.05) is 0 Å². The zero-order valence-corrected chi connectivity index (χ0v) is 5.88. The standard InChI is InChI=1S/C10H10/c1-3-5-6(3)7(5)10-2-9(10)4(1)8(9)10/h3-8H,1-2H2. The van der Waals surface area contributed by atoms with Crippen LogP contribution in [0.3, 0.4) is 0 Å². The van der Waals surface area contributed by atoms with Crippen molar-refractivity contribution in [3.8, 4) is 0 Å². The second-order valence-corrected chi connectivity index (χ2v) is 5.92. The summed E-state index contributed by atoms with van der Waals surface area (Å²) in [5.74, 6) is 7.91. The Bertz CT molecular complexity index is 304. The highest BCUT2D eigenvalue weighted by Crippen LogP contribution is 3.18. The van der Waals surface area contributed by atoms with Crippen molar-refractivity contribution in [2.45, 2.75) is 12.8 Å². The van der Waals surface area contributed by atoms with Gasteiger partial charge in [0, 0.05) is 0 Å². The minimum absolute atomic E-state index is 1.09. The van der Waals surface area contributed by atoms with Crippen molar-refractivity contribution >= 4 is 0 Å². The summed E-state index contributed by atoms with van der Waals surface area (Å²) in [6, 6.07) is 0. The summed E-state index contributed by atoms with van der Waals surface area (Å²) in [6.07, 6.45) is 3.40. The van der Waals surface area contributed by atoms with Crippen molar-refractivity contribution in [1.29, 1.82) is 0 Å². The molecule has 0 saturated heterocycles. The van der Waals surface area contributed by atoms with Crippen molar-refractivity contribution in [1.82, 2.24) is 0 Å². The van der Waals surface area contributed by atoms with Gasteiger partial charge in [-0.15, -0.1) is 0 Å². The molecule has 0 aromatic carbocycles. The Morgan fingerprint density at radius 2 is 1.90 bits per heavy atom. The monoisotopic (exact) mass is 130 g/mol. The number of hydrogen-bond acceptors (Lipinski definition) is 0. The van der Waals surface area contributed by atoms with E-state index < -0.39 is 0 Å². The highest BCUT2D eigenvalue weighted by molar-refractivity contribution is 5.60. The summed E-state index contributed by atoms with van der Waals surface area (Å²) < 4.78 is 0. The fraction of sp³-hybridized carbons (Fsp3) is 1.00. The third-order valence-corrected chi connectivity index (χ3v) is 6.41. The minimum atomic E-state index is 1.09. The number of fused-ring (bicyclic) bond motifs is 3. The van der Waals surface area contributed by atoms with Gasteiger partial charge in [-0.3, -0.25) is 0 Å². The van der Waals surface area contributed by atoms with Crippen LogP contribution >= 0.6 is 0 Å². The van der Waals surface area contributed by atoms with Crippen LogP contribution in [0.1, 0.15) is 12.8 Å². The van der Waals surface area contributed by atoms with Gasteiger partial charge < -0.3 is 0 Å². The van der Waals surface area contributed by atoms with Crippen LogP contribution in [-0.2, 0) is 0 Å². The Balaban J connectivity index is 1.78. The molecule has 0 N–H and O–H groups in total. The molecule has 1 spiro atoms. The van der Waals surface area contributed by atoms with Crippen LogP contribution in [0.4, 0.5) is 0 Å². The highest BCUT2D eigenvalue weighted by Gasteiger charge is 3.13. The maximum Gasteiger partial charge on any atom is -0.0159 e. The average molecular weight is 130 g/mol. The Kier molecular flexibility index (Phi) is 0.202. The van der Waals surface area contributed by atoms with Crippen molar-refractivity contribution in [3.05, 3.63) is 0 Å². The zero-order chi connectivity index (χ0) is 5.88. The highest BCUT2D eigenvalue weighted by atomic mass is 15.2. The maximum absolute atomic E-state index is 1.71. The quantitative estimate of drug-likeness (QED) is 0.466. The second kappa shape index (κ2) is 0.562. The summed E-state index contributed by atoms with van der Waals surface area (Å²) in [7, 11) is 0. The summed E-state index contributed by atoms with van der Waals surface area (Å²) in [5.41, 5.74) is 2.19. The molecule has 6 rings (SSSR count). The van der Waals surface area contributed by atoms with Gasteiger partial charge in [0.15, 0.2) is 0 Å². The van der Waals surface area contributed by atoms with Gasteiger partial charge >= 0.3 is 0 Å². The van der Waals surface area contributed by atoms with Crippen molar-refractivity contribution < 1.29 is 0 Å². The lowest BCUT2D eigenvalue weighted by molar-refractivity contribution is 0.374. The average Bonchev–Trinajstić information content (AvgIpc) is 2.64. The second-order valence-electron chi connectivity index (χ2n) is 5.92. The summed E-state index contributed by atoms with van der Waals surface area (Å²) in [4.78, 5) is 0. The molecule has 6 aliphatic carbocycles. The van der Waals surface area contributed by atoms with Gasteiger partial charge in [0.25, 0.3) is 0 Å². The number of rotatable bonds is 0. The third-order valence-electron chi connectivity index (χ3n) is 6.41. The van der Waals surface area contributed by atoms with E-state index in [1.807, 2.05) is 0 Å². The lowest BCUT2D eigenvalue weighted by atomic mass is 9.95. The van der Waals surface area contributed by atoms with E-state index in [-0.39, 0.29) is 0 Å². The molecule has 0 heterocycles. The van der Waals surface area contributed by atoms with E-state index in [0.29, 0.717) is 0 Å². The van der Waals surface area contributed by atoms with Crippen LogP contribution < -0.4 is 0 Å². The fourth-order valence-electron chi connectivity index (χ4n) is 5.92. The largest absolute Gasteiger partial charge is 0.0461 e. The molecule has 50 valence electrons. The molecule has 0 aromatic heterocycles. The first-order chi connectivity index (χ1) is 4.93. The van der Waals surface area contributed by atoms with E-state index in [1.54, 1.807) is 12.8 Å². The van der Waals surface area contributed by atoms with E-state index in [2.05, 4.69) is 0 Å². The van der Waals surface area contributed by atoms with Gasteiger partial charge in [-0.25, -0.2) is 0 Å². The van der Waals surface area contributed by atoms with E-state index in [4.69, 9.17) is 0 Å². The van der Waals surface area contributed by atoms with Gasteiger partial charge in [0.05, 0.1) is 0 Å². The third kappa shape index (κ3) is 0.121. The van der Waals surface area contributed by atoms with Crippen LogP contribution in [-0.4, -0.2) is 0 Å². The summed E-state index contributed by atoms with van der Waals surface area (Å²) >= 11 is 0. The molecule has 0 radical (unpaired) electrons. The molecule has 6 fully saturated rings. The van der Waals surface area contributed by atoms with Gasteiger partial charge in [0.2, 0.25) is 0 Å². The SMILES string of the molecule is C1C2C3C2C3C23CC24C1C43. The predicted octanol–water partition coefficient (Wildman–Crippen LogP) is 1.52.